The minimum absolute atomic E-state index is 0.800. The van der Waals surface area contributed by atoms with E-state index in [0.29, 0.717) is 0 Å². The van der Waals surface area contributed by atoms with Gasteiger partial charge in [0.2, 0.25) is 0 Å². The topological polar surface area (TPSA) is 3.88 Å². The van der Waals surface area contributed by atoms with Gasteiger partial charge in [0.15, 0.2) is 12.4 Å². The zero-order valence-corrected chi connectivity index (χ0v) is 11.3. The predicted molar refractivity (Wildman–Crippen MR) is 76.1 cm³/mol. The van der Waals surface area contributed by atoms with Crippen molar-refractivity contribution >= 4 is 0 Å². The summed E-state index contributed by atoms with van der Waals surface area (Å²) in [6, 6.07) is 14.9. The van der Waals surface area contributed by atoms with Crippen molar-refractivity contribution in [3.05, 3.63) is 54.9 Å². The lowest BCUT2D eigenvalue weighted by atomic mass is 10.1. The Bertz CT molecular complexity index is 457. The molecule has 0 aliphatic heterocycles. The Balaban J connectivity index is 1.98. The number of hydrogen-bond acceptors (Lipinski definition) is 0. The molecule has 0 fully saturated rings. The van der Waals surface area contributed by atoms with E-state index in [-0.39, 0.29) is 0 Å². The van der Waals surface area contributed by atoms with Crippen LogP contribution < -0.4 is 4.57 Å². The first-order valence-corrected chi connectivity index (χ1v) is 6.80. The first kappa shape index (κ1) is 12.8. The molecule has 0 bridgehead atoms. The molecule has 0 radical (unpaired) electrons. The second-order valence-electron chi connectivity index (χ2n) is 5.23. The van der Waals surface area contributed by atoms with Crippen molar-refractivity contribution in [1.29, 1.82) is 0 Å². The van der Waals surface area contributed by atoms with Crippen LogP contribution in [0.1, 0.15) is 26.7 Å². The van der Waals surface area contributed by atoms with E-state index in [2.05, 4.69) is 73.3 Å². The molecule has 1 heteroatoms. The zero-order chi connectivity index (χ0) is 12.8. The van der Waals surface area contributed by atoms with Crippen LogP contribution in [0.5, 0.6) is 0 Å². The molecule has 0 aliphatic rings. The number of rotatable bonds is 5. The molecule has 0 atom stereocenters. The molecule has 94 valence electrons. The van der Waals surface area contributed by atoms with Gasteiger partial charge in [0, 0.05) is 18.6 Å². The van der Waals surface area contributed by atoms with Crippen molar-refractivity contribution in [2.24, 2.45) is 5.92 Å². The summed E-state index contributed by atoms with van der Waals surface area (Å²) in [7, 11) is 0. The molecular formula is C17H22N+. The van der Waals surface area contributed by atoms with Gasteiger partial charge < -0.3 is 0 Å². The summed E-state index contributed by atoms with van der Waals surface area (Å²) in [5.74, 6) is 0.800. The first-order chi connectivity index (χ1) is 8.75. The second-order valence-corrected chi connectivity index (χ2v) is 5.23. The summed E-state index contributed by atoms with van der Waals surface area (Å²) in [6.07, 6.45) is 6.92. The number of benzene rings is 1. The normalized spacial score (nSPS) is 10.8. The van der Waals surface area contributed by atoms with Gasteiger partial charge in [-0.2, -0.15) is 0 Å². The minimum Gasteiger partial charge on any atom is -0.205 e. The average Bonchev–Trinajstić information content (AvgIpc) is 2.40. The molecule has 0 aliphatic carbocycles. The van der Waals surface area contributed by atoms with Crippen molar-refractivity contribution in [3.8, 4) is 11.1 Å². The molecule has 2 rings (SSSR count). The van der Waals surface area contributed by atoms with Crippen LogP contribution >= 0.6 is 0 Å². The van der Waals surface area contributed by atoms with E-state index in [9.17, 15) is 0 Å². The van der Waals surface area contributed by atoms with Crippen molar-refractivity contribution in [3.63, 3.8) is 0 Å². The highest BCUT2D eigenvalue weighted by Gasteiger charge is 2.03. The van der Waals surface area contributed by atoms with Gasteiger partial charge in [-0.1, -0.05) is 44.2 Å². The molecule has 1 heterocycles. The van der Waals surface area contributed by atoms with Crippen LogP contribution in [-0.2, 0) is 6.54 Å². The highest BCUT2D eigenvalue weighted by atomic mass is 14.9. The Morgan fingerprint density at radius 1 is 0.889 bits per heavy atom. The van der Waals surface area contributed by atoms with E-state index in [0.717, 1.165) is 12.5 Å². The van der Waals surface area contributed by atoms with Crippen LogP contribution in [0.15, 0.2) is 54.9 Å². The van der Waals surface area contributed by atoms with Gasteiger partial charge in [0.1, 0.15) is 6.54 Å². The standard InChI is InChI=1S/C17H22N/c1-15(2)7-6-12-18-13-10-17(11-14-18)16-8-4-3-5-9-16/h3-5,8-11,13-15H,6-7,12H2,1-2H3/q+1. The molecule has 1 aromatic carbocycles. The van der Waals surface area contributed by atoms with Crippen LogP contribution in [0.2, 0.25) is 0 Å². The van der Waals surface area contributed by atoms with Crippen LogP contribution in [0.4, 0.5) is 0 Å². The van der Waals surface area contributed by atoms with Gasteiger partial charge in [0.05, 0.1) is 0 Å². The van der Waals surface area contributed by atoms with E-state index in [1.807, 2.05) is 0 Å². The molecule has 0 N–H and O–H groups in total. The monoisotopic (exact) mass is 240 g/mol. The first-order valence-electron chi connectivity index (χ1n) is 6.80. The van der Waals surface area contributed by atoms with Crippen LogP contribution in [0.25, 0.3) is 11.1 Å². The number of pyridine rings is 1. The lowest BCUT2D eigenvalue weighted by Crippen LogP contribution is -2.32. The van der Waals surface area contributed by atoms with Crippen LogP contribution in [-0.4, -0.2) is 0 Å². The summed E-state index contributed by atoms with van der Waals surface area (Å²) in [6.45, 7) is 5.68. The van der Waals surface area contributed by atoms with E-state index < -0.39 is 0 Å². The van der Waals surface area contributed by atoms with E-state index >= 15 is 0 Å². The smallest absolute Gasteiger partial charge is 0.169 e. The molecule has 0 saturated carbocycles. The highest BCUT2D eigenvalue weighted by molar-refractivity contribution is 5.61. The lowest BCUT2D eigenvalue weighted by molar-refractivity contribution is -0.697. The predicted octanol–water partition coefficient (Wildman–Crippen LogP) is 4.08. The van der Waals surface area contributed by atoms with Gasteiger partial charge in [-0.15, -0.1) is 0 Å². The SMILES string of the molecule is CC(C)CCC[n+]1ccc(-c2ccccc2)cc1. The minimum atomic E-state index is 0.800. The average molecular weight is 240 g/mol. The Kier molecular flexibility index (Phi) is 4.52. The highest BCUT2D eigenvalue weighted by Crippen LogP contribution is 2.16. The molecule has 0 saturated heterocycles. The van der Waals surface area contributed by atoms with Gasteiger partial charge in [-0.25, -0.2) is 4.57 Å². The summed E-state index contributed by atoms with van der Waals surface area (Å²) in [5.41, 5.74) is 2.57. The fraction of sp³-hybridized carbons (Fsp3) is 0.353. The number of aromatic nitrogens is 1. The summed E-state index contributed by atoms with van der Waals surface area (Å²) < 4.78 is 2.27. The molecule has 0 amide bonds. The molecule has 0 unspecified atom stereocenters. The third-order valence-corrected chi connectivity index (χ3v) is 3.20. The van der Waals surface area contributed by atoms with Crippen molar-refractivity contribution in [1.82, 2.24) is 0 Å². The van der Waals surface area contributed by atoms with E-state index in [1.165, 1.54) is 24.0 Å². The summed E-state index contributed by atoms with van der Waals surface area (Å²) in [4.78, 5) is 0. The van der Waals surface area contributed by atoms with Gasteiger partial charge in [-0.05, 0) is 23.5 Å². The second kappa shape index (κ2) is 6.34. The number of nitrogens with zero attached hydrogens (tertiary/aromatic N) is 1. The van der Waals surface area contributed by atoms with Gasteiger partial charge in [-0.3, -0.25) is 0 Å². The molecule has 1 nitrogen and oxygen atoms in total. The third kappa shape index (κ3) is 3.69. The molecule has 0 spiro atoms. The zero-order valence-electron chi connectivity index (χ0n) is 11.3. The Morgan fingerprint density at radius 3 is 2.11 bits per heavy atom. The van der Waals surface area contributed by atoms with Crippen LogP contribution in [0, 0.1) is 5.92 Å². The Hall–Kier alpha value is -1.63. The van der Waals surface area contributed by atoms with E-state index in [4.69, 9.17) is 0 Å². The molecule has 18 heavy (non-hydrogen) atoms. The maximum absolute atomic E-state index is 2.28. The van der Waals surface area contributed by atoms with Crippen molar-refractivity contribution < 1.29 is 4.57 Å². The fourth-order valence-corrected chi connectivity index (χ4v) is 2.11. The van der Waals surface area contributed by atoms with Gasteiger partial charge >= 0.3 is 0 Å². The molecule has 1 aromatic heterocycles. The Labute approximate surface area is 110 Å². The van der Waals surface area contributed by atoms with Crippen LogP contribution in [0.3, 0.4) is 0 Å². The molecular weight excluding hydrogens is 218 g/mol. The van der Waals surface area contributed by atoms with Gasteiger partial charge in [0.25, 0.3) is 0 Å². The summed E-state index contributed by atoms with van der Waals surface area (Å²) in [5, 5.41) is 0. The Morgan fingerprint density at radius 2 is 1.50 bits per heavy atom. The van der Waals surface area contributed by atoms with E-state index in [1.54, 1.807) is 0 Å². The lowest BCUT2D eigenvalue weighted by Gasteiger charge is -2.03. The maximum Gasteiger partial charge on any atom is 0.169 e. The van der Waals surface area contributed by atoms with Crippen molar-refractivity contribution in [2.75, 3.05) is 0 Å². The molecule has 2 aromatic rings. The number of aryl methyl sites for hydroxylation is 1. The fourth-order valence-electron chi connectivity index (χ4n) is 2.11. The maximum atomic E-state index is 2.28. The number of hydrogen-bond donors (Lipinski definition) is 0. The third-order valence-electron chi connectivity index (χ3n) is 3.20. The largest absolute Gasteiger partial charge is 0.205 e. The quantitative estimate of drug-likeness (QED) is 0.693. The van der Waals surface area contributed by atoms with Crippen molar-refractivity contribution in [2.45, 2.75) is 33.2 Å². The summed E-state index contributed by atoms with van der Waals surface area (Å²) >= 11 is 0.